The molecule has 1 heterocycles. The van der Waals surface area contributed by atoms with Crippen molar-refractivity contribution in [1.82, 2.24) is 9.97 Å². The first-order chi connectivity index (χ1) is 11.7. The van der Waals surface area contributed by atoms with Crippen molar-refractivity contribution in [2.24, 2.45) is 11.6 Å². The van der Waals surface area contributed by atoms with Gasteiger partial charge in [-0.25, -0.2) is 10.8 Å². The average molecular weight is 333 g/mol. The number of methoxy groups -OCH3 is 1. The van der Waals surface area contributed by atoms with Crippen LogP contribution in [0.1, 0.15) is 0 Å². The van der Waals surface area contributed by atoms with Crippen LogP contribution in [0.2, 0.25) is 0 Å². The number of hydrazine groups is 1. The van der Waals surface area contributed by atoms with Gasteiger partial charge in [0.2, 0.25) is 5.95 Å². The third kappa shape index (κ3) is 4.69. The zero-order chi connectivity index (χ0) is 17.4. The predicted molar refractivity (Wildman–Crippen MR) is 94.1 cm³/mol. The molecule has 1 aromatic carbocycles. The molecule has 130 valence electrons. The summed E-state index contributed by atoms with van der Waals surface area (Å²) in [5.41, 5.74) is 12.4. The van der Waals surface area contributed by atoms with E-state index in [2.05, 4.69) is 15.3 Å². The maximum Gasteiger partial charge on any atom is 0.224 e. The highest BCUT2D eigenvalue weighted by molar-refractivity contribution is 5.70. The second-order valence-corrected chi connectivity index (χ2v) is 4.87. The number of hydrogen-bond donors (Lipinski definition) is 4. The number of hydrogen-bond acceptors (Lipinski definition) is 9. The number of nitrogens with one attached hydrogen (secondary N) is 1. The van der Waals surface area contributed by atoms with E-state index in [1.807, 2.05) is 12.1 Å². The van der Waals surface area contributed by atoms with Crippen LogP contribution in [0.3, 0.4) is 0 Å². The van der Waals surface area contributed by atoms with Crippen LogP contribution in [0.4, 0.5) is 23.1 Å². The molecule has 24 heavy (non-hydrogen) atoms. The summed E-state index contributed by atoms with van der Waals surface area (Å²) in [6.07, 6.45) is 1.51. The van der Waals surface area contributed by atoms with Crippen molar-refractivity contribution in [3.8, 4) is 5.75 Å². The van der Waals surface area contributed by atoms with Crippen molar-refractivity contribution < 1.29 is 9.47 Å². The van der Waals surface area contributed by atoms with Gasteiger partial charge in [0.05, 0.1) is 37.9 Å². The zero-order valence-electron chi connectivity index (χ0n) is 13.6. The first-order valence-corrected chi connectivity index (χ1v) is 7.48. The highest BCUT2D eigenvalue weighted by atomic mass is 16.5. The van der Waals surface area contributed by atoms with Gasteiger partial charge in [-0.05, 0) is 24.3 Å². The van der Waals surface area contributed by atoms with Crippen molar-refractivity contribution in [3.63, 3.8) is 0 Å². The second kappa shape index (κ2) is 8.87. The summed E-state index contributed by atoms with van der Waals surface area (Å²) in [7, 11) is 1.60. The monoisotopic (exact) mass is 333 g/mol. The first-order valence-electron chi connectivity index (χ1n) is 7.48. The number of nitrogen functional groups attached to an aromatic ring is 1. The Balaban J connectivity index is 2.06. The van der Waals surface area contributed by atoms with Crippen molar-refractivity contribution in [1.29, 1.82) is 0 Å². The van der Waals surface area contributed by atoms with Crippen molar-refractivity contribution >= 4 is 23.1 Å². The third-order valence-electron chi connectivity index (χ3n) is 3.17. The maximum atomic E-state index is 6.13. The van der Waals surface area contributed by atoms with Crippen LogP contribution in [-0.4, -0.2) is 43.4 Å². The maximum absolute atomic E-state index is 6.13. The highest BCUT2D eigenvalue weighted by Gasteiger charge is 2.12. The topological polar surface area (TPSA) is 138 Å². The predicted octanol–water partition coefficient (Wildman–Crippen LogP) is 0.466. The van der Waals surface area contributed by atoms with Crippen LogP contribution in [0, 0.1) is 0 Å². The summed E-state index contributed by atoms with van der Waals surface area (Å²) >= 11 is 0. The summed E-state index contributed by atoms with van der Waals surface area (Å²) in [6.45, 7) is 2.07. The van der Waals surface area contributed by atoms with Gasteiger partial charge in [0.15, 0.2) is 5.82 Å². The Labute approximate surface area is 140 Å². The first kappa shape index (κ1) is 17.7. The van der Waals surface area contributed by atoms with Gasteiger partial charge in [0, 0.05) is 13.1 Å². The number of aromatic nitrogens is 2. The minimum absolute atomic E-state index is 0.373. The Hall–Kier alpha value is -2.62. The lowest BCUT2D eigenvalue weighted by molar-refractivity contribution is 0.151. The molecule has 0 atom stereocenters. The van der Waals surface area contributed by atoms with Crippen LogP contribution < -0.4 is 32.4 Å². The van der Waals surface area contributed by atoms with Crippen LogP contribution in [-0.2, 0) is 4.74 Å². The van der Waals surface area contributed by atoms with Crippen LogP contribution >= 0.6 is 0 Å². The van der Waals surface area contributed by atoms with Crippen molar-refractivity contribution in [2.45, 2.75) is 0 Å². The van der Waals surface area contributed by atoms with E-state index in [-0.39, 0.29) is 0 Å². The lowest BCUT2D eigenvalue weighted by Crippen LogP contribution is -2.27. The quantitative estimate of drug-likeness (QED) is 0.293. The largest absolute Gasteiger partial charge is 0.497 e. The number of benzene rings is 1. The molecular formula is C15H23N7O2. The van der Waals surface area contributed by atoms with E-state index < -0.39 is 0 Å². The summed E-state index contributed by atoms with van der Waals surface area (Å²) < 4.78 is 10.4. The highest BCUT2D eigenvalue weighted by Crippen LogP contribution is 2.27. The van der Waals surface area contributed by atoms with Gasteiger partial charge in [-0.15, -0.1) is 0 Å². The van der Waals surface area contributed by atoms with Gasteiger partial charge in [-0.3, -0.25) is 5.01 Å². The van der Waals surface area contributed by atoms with E-state index >= 15 is 0 Å². The number of anilines is 4. The van der Waals surface area contributed by atoms with E-state index in [1.165, 1.54) is 11.2 Å². The fraction of sp³-hybridized carbons (Fsp3) is 0.333. The summed E-state index contributed by atoms with van der Waals surface area (Å²) in [5.74, 6) is 7.69. The molecule has 0 aliphatic heterocycles. The molecule has 0 saturated heterocycles. The fourth-order valence-corrected chi connectivity index (χ4v) is 1.95. The molecule has 7 N–H and O–H groups in total. The Kier molecular flexibility index (Phi) is 6.55. The van der Waals surface area contributed by atoms with Crippen LogP contribution in [0.5, 0.6) is 5.75 Å². The zero-order valence-corrected chi connectivity index (χ0v) is 13.6. The van der Waals surface area contributed by atoms with E-state index in [0.29, 0.717) is 43.8 Å². The molecule has 0 amide bonds. The molecule has 0 fully saturated rings. The second-order valence-electron chi connectivity index (χ2n) is 4.87. The lowest BCUT2D eigenvalue weighted by atomic mass is 10.3. The van der Waals surface area contributed by atoms with E-state index in [9.17, 15) is 0 Å². The molecule has 1 aromatic heterocycles. The Bertz CT molecular complexity index is 636. The standard InChI is InChI=1S/C15H23N7O2/c1-23-12-4-2-11(3-5-12)22(18)14-13(17)10-20-15(21-14)19-7-9-24-8-6-16/h2-5,10H,6-9,16-18H2,1H3,(H,19,20,21). The van der Waals surface area contributed by atoms with Gasteiger partial charge >= 0.3 is 0 Å². The lowest BCUT2D eigenvalue weighted by Gasteiger charge is -2.20. The molecule has 0 aliphatic carbocycles. The Morgan fingerprint density at radius 1 is 1.21 bits per heavy atom. The van der Waals surface area contributed by atoms with E-state index in [1.54, 1.807) is 19.2 Å². The smallest absolute Gasteiger partial charge is 0.224 e. The Morgan fingerprint density at radius 2 is 1.96 bits per heavy atom. The Morgan fingerprint density at radius 3 is 2.62 bits per heavy atom. The number of ether oxygens (including phenoxy) is 2. The van der Waals surface area contributed by atoms with Gasteiger partial charge in [0.25, 0.3) is 0 Å². The van der Waals surface area contributed by atoms with E-state index in [0.717, 1.165) is 11.4 Å². The van der Waals surface area contributed by atoms with Crippen LogP contribution in [0.15, 0.2) is 30.5 Å². The average Bonchev–Trinajstić information content (AvgIpc) is 2.62. The summed E-state index contributed by atoms with van der Waals surface area (Å²) in [4.78, 5) is 8.48. The normalized spacial score (nSPS) is 10.5. The van der Waals surface area contributed by atoms with Gasteiger partial charge < -0.3 is 26.3 Å². The van der Waals surface area contributed by atoms with Gasteiger partial charge in [-0.2, -0.15) is 4.98 Å². The number of nitrogens with two attached hydrogens (primary N) is 3. The summed E-state index contributed by atoms with van der Waals surface area (Å²) in [5, 5.41) is 4.45. The minimum Gasteiger partial charge on any atom is -0.497 e. The molecule has 2 rings (SSSR count). The fourth-order valence-electron chi connectivity index (χ4n) is 1.95. The van der Waals surface area contributed by atoms with Gasteiger partial charge in [0.1, 0.15) is 5.75 Å². The minimum atomic E-state index is 0.373. The molecule has 0 aliphatic rings. The van der Waals surface area contributed by atoms with Crippen LogP contribution in [0.25, 0.3) is 0 Å². The molecule has 9 heteroatoms. The van der Waals surface area contributed by atoms with E-state index in [4.69, 9.17) is 26.8 Å². The number of rotatable bonds is 9. The van der Waals surface area contributed by atoms with Crippen molar-refractivity contribution in [2.75, 3.05) is 49.5 Å². The molecule has 2 aromatic rings. The molecule has 9 nitrogen and oxygen atoms in total. The number of nitrogens with zero attached hydrogens (tertiary/aromatic N) is 3. The third-order valence-corrected chi connectivity index (χ3v) is 3.17. The molecule has 0 radical (unpaired) electrons. The van der Waals surface area contributed by atoms with Gasteiger partial charge in [-0.1, -0.05) is 0 Å². The molecule has 0 saturated carbocycles. The molecule has 0 spiro atoms. The van der Waals surface area contributed by atoms with Crippen molar-refractivity contribution in [3.05, 3.63) is 30.5 Å². The SMILES string of the molecule is COc1ccc(N(N)c2nc(NCCOCCN)ncc2N)cc1. The molecule has 0 bridgehead atoms. The summed E-state index contributed by atoms with van der Waals surface area (Å²) in [6, 6.07) is 7.24. The molecule has 0 unspecified atom stereocenters. The molecular weight excluding hydrogens is 310 g/mol.